The van der Waals surface area contributed by atoms with Crippen molar-refractivity contribution in [3.63, 3.8) is 0 Å². The highest BCUT2D eigenvalue weighted by Crippen LogP contribution is 2.13. The molecule has 140 valence electrons. The zero-order valence-corrected chi connectivity index (χ0v) is 15.1. The van der Waals surface area contributed by atoms with Gasteiger partial charge < -0.3 is 15.1 Å². The van der Waals surface area contributed by atoms with Crippen LogP contribution in [0.5, 0.6) is 0 Å². The molecule has 27 heavy (non-hydrogen) atoms. The number of anilines is 2. The average Bonchev–Trinajstić information content (AvgIpc) is 3.18. The van der Waals surface area contributed by atoms with Crippen molar-refractivity contribution in [3.8, 4) is 0 Å². The second kappa shape index (κ2) is 8.02. The molecular formula is C18H18N4O4S. The van der Waals surface area contributed by atoms with Gasteiger partial charge in [-0.3, -0.25) is 4.79 Å². The van der Waals surface area contributed by atoms with Crippen LogP contribution in [0.1, 0.15) is 16.1 Å². The van der Waals surface area contributed by atoms with Crippen molar-refractivity contribution >= 4 is 27.4 Å². The number of carbonyl (C=O) groups excluding carboxylic acids is 1. The van der Waals surface area contributed by atoms with Gasteiger partial charge >= 0.3 is 0 Å². The topological polar surface area (TPSA) is 127 Å². The molecule has 4 N–H and O–H groups in total. The van der Waals surface area contributed by atoms with Gasteiger partial charge in [-0.05, 0) is 48.4 Å². The van der Waals surface area contributed by atoms with Crippen LogP contribution < -0.4 is 15.8 Å². The van der Waals surface area contributed by atoms with Crippen LogP contribution in [0.3, 0.4) is 0 Å². The number of carbonyl (C=O) groups is 1. The number of furan rings is 1. The van der Waals surface area contributed by atoms with Gasteiger partial charge in [-0.1, -0.05) is 12.1 Å². The molecular weight excluding hydrogens is 368 g/mol. The van der Waals surface area contributed by atoms with Gasteiger partial charge in [-0.2, -0.15) is 0 Å². The average molecular weight is 386 g/mol. The fraction of sp³-hybridized carbons (Fsp3) is 0.111. The van der Waals surface area contributed by atoms with Crippen LogP contribution in [0.15, 0.2) is 70.3 Å². The maximum Gasteiger partial charge on any atom is 0.291 e. The minimum Gasteiger partial charge on any atom is -0.459 e. The number of nitrogens with two attached hydrogens (primary N) is 1. The van der Waals surface area contributed by atoms with Gasteiger partial charge in [0, 0.05) is 6.54 Å². The molecule has 0 bridgehead atoms. The molecule has 1 aromatic carbocycles. The summed E-state index contributed by atoms with van der Waals surface area (Å²) in [6.45, 7) is 0.611. The summed E-state index contributed by atoms with van der Waals surface area (Å²) in [5.74, 6) is 0.545. The van der Waals surface area contributed by atoms with Crippen LogP contribution in [0.2, 0.25) is 0 Å². The van der Waals surface area contributed by atoms with Crippen molar-refractivity contribution in [1.29, 1.82) is 0 Å². The minimum absolute atomic E-state index is 0.0908. The Morgan fingerprint density at radius 3 is 2.48 bits per heavy atom. The Kier molecular flexibility index (Phi) is 5.53. The number of hydrogen-bond acceptors (Lipinski definition) is 6. The molecule has 0 aliphatic carbocycles. The summed E-state index contributed by atoms with van der Waals surface area (Å²) in [6, 6.07) is 13.1. The number of nitrogens with zero attached hydrogens (tertiary/aromatic N) is 1. The third-order valence-electron chi connectivity index (χ3n) is 3.74. The zero-order chi connectivity index (χ0) is 19.3. The molecule has 3 aromatic rings. The van der Waals surface area contributed by atoms with Gasteiger partial charge in [0.25, 0.3) is 5.91 Å². The highest BCUT2D eigenvalue weighted by Gasteiger charge is 2.09. The molecule has 2 heterocycles. The molecule has 0 fully saturated rings. The molecule has 9 heteroatoms. The lowest BCUT2D eigenvalue weighted by Gasteiger charge is -2.08. The predicted molar refractivity (Wildman–Crippen MR) is 101 cm³/mol. The van der Waals surface area contributed by atoms with Crippen LogP contribution in [0.25, 0.3) is 0 Å². The SMILES string of the molecule is NS(=O)(=O)c1ccc(CCNc2ccc(NC(=O)c3ccco3)cn2)cc1. The Balaban J connectivity index is 1.49. The molecule has 0 spiro atoms. The molecule has 0 aliphatic rings. The molecule has 3 rings (SSSR count). The van der Waals surface area contributed by atoms with Crippen LogP contribution in [0, 0.1) is 0 Å². The largest absolute Gasteiger partial charge is 0.459 e. The standard InChI is InChI=1S/C18H18N4O4S/c19-27(24,25)15-6-3-13(4-7-15)9-10-20-17-8-5-14(12-21-17)22-18(23)16-2-1-11-26-16/h1-8,11-12H,9-10H2,(H,20,21)(H,22,23)(H2,19,24,25). The van der Waals surface area contributed by atoms with Crippen molar-refractivity contribution in [1.82, 2.24) is 4.98 Å². The molecule has 8 nitrogen and oxygen atoms in total. The van der Waals surface area contributed by atoms with Crippen LogP contribution >= 0.6 is 0 Å². The van der Waals surface area contributed by atoms with Crippen molar-refractivity contribution < 1.29 is 17.6 Å². The number of nitrogens with one attached hydrogen (secondary N) is 2. The summed E-state index contributed by atoms with van der Waals surface area (Å²) in [5.41, 5.74) is 1.53. The predicted octanol–water partition coefficient (Wildman–Crippen LogP) is 2.23. The summed E-state index contributed by atoms with van der Waals surface area (Å²) in [7, 11) is -3.67. The fourth-order valence-corrected chi connectivity index (χ4v) is 2.87. The van der Waals surface area contributed by atoms with Gasteiger partial charge in [0.15, 0.2) is 5.76 Å². The smallest absolute Gasteiger partial charge is 0.291 e. The highest BCUT2D eigenvalue weighted by atomic mass is 32.2. The van der Waals surface area contributed by atoms with Crippen LogP contribution in [-0.2, 0) is 16.4 Å². The lowest BCUT2D eigenvalue weighted by atomic mass is 10.1. The Labute approximate surface area is 156 Å². The minimum atomic E-state index is -3.67. The monoisotopic (exact) mass is 386 g/mol. The van der Waals surface area contributed by atoms with Crippen LogP contribution in [0.4, 0.5) is 11.5 Å². The Morgan fingerprint density at radius 1 is 1.11 bits per heavy atom. The molecule has 0 saturated carbocycles. The second-order valence-corrected chi connectivity index (χ2v) is 7.29. The first-order valence-electron chi connectivity index (χ1n) is 8.08. The number of sulfonamides is 1. The van der Waals surface area contributed by atoms with E-state index in [0.717, 1.165) is 5.56 Å². The summed E-state index contributed by atoms with van der Waals surface area (Å²) >= 11 is 0. The van der Waals surface area contributed by atoms with Crippen molar-refractivity contribution in [2.75, 3.05) is 17.2 Å². The summed E-state index contributed by atoms with van der Waals surface area (Å²) in [4.78, 5) is 16.2. The lowest BCUT2D eigenvalue weighted by Crippen LogP contribution is -2.12. The number of benzene rings is 1. The van der Waals surface area contributed by atoms with Crippen LogP contribution in [-0.4, -0.2) is 25.9 Å². The van der Waals surface area contributed by atoms with E-state index in [1.165, 1.54) is 18.4 Å². The van der Waals surface area contributed by atoms with Gasteiger partial charge in [-0.25, -0.2) is 18.5 Å². The number of pyridine rings is 1. The van der Waals surface area contributed by atoms with Gasteiger partial charge in [0.1, 0.15) is 5.82 Å². The van der Waals surface area contributed by atoms with E-state index in [2.05, 4.69) is 15.6 Å². The van der Waals surface area contributed by atoms with E-state index in [9.17, 15) is 13.2 Å². The van der Waals surface area contributed by atoms with Crippen molar-refractivity contribution in [2.45, 2.75) is 11.3 Å². The first-order valence-corrected chi connectivity index (χ1v) is 9.63. The molecule has 1 amide bonds. The second-order valence-electron chi connectivity index (χ2n) is 5.73. The molecule has 0 saturated heterocycles. The molecule has 2 aromatic heterocycles. The Morgan fingerprint density at radius 2 is 1.89 bits per heavy atom. The molecule has 0 aliphatic heterocycles. The van der Waals surface area contributed by atoms with Crippen molar-refractivity contribution in [3.05, 3.63) is 72.3 Å². The maximum absolute atomic E-state index is 11.9. The number of aromatic nitrogens is 1. The van der Waals surface area contributed by atoms with E-state index < -0.39 is 10.0 Å². The van der Waals surface area contributed by atoms with E-state index >= 15 is 0 Å². The Hall–Kier alpha value is -3.17. The maximum atomic E-state index is 11.9. The normalized spacial score (nSPS) is 11.1. The molecule has 0 radical (unpaired) electrons. The zero-order valence-electron chi connectivity index (χ0n) is 14.3. The van der Waals surface area contributed by atoms with E-state index in [-0.39, 0.29) is 16.6 Å². The third kappa shape index (κ3) is 5.16. The van der Waals surface area contributed by atoms with E-state index in [1.54, 1.807) is 42.6 Å². The third-order valence-corrected chi connectivity index (χ3v) is 4.67. The number of rotatable bonds is 7. The number of hydrogen-bond donors (Lipinski definition) is 3. The van der Waals surface area contributed by atoms with Gasteiger partial charge in [0.05, 0.1) is 23.0 Å². The van der Waals surface area contributed by atoms with E-state index in [1.807, 2.05) is 0 Å². The summed E-state index contributed by atoms with van der Waals surface area (Å²) < 4.78 is 27.5. The fourth-order valence-electron chi connectivity index (χ4n) is 2.35. The van der Waals surface area contributed by atoms with E-state index in [0.29, 0.717) is 24.5 Å². The summed E-state index contributed by atoms with van der Waals surface area (Å²) in [5, 5.41) is 10.9. The van der Waals surface area contributed by atoms with E-state index in [4.69, 9.17) is 9.56 Å². The summed E-state index contributed by atoms with van der Waals surface area (Å²) in [6.07, 6.45) is 3.66. The first kappa shape index (κ1) is 18.6. The molecule has 0 atom stereocenters. The first-order chi connectivity index (χ1) is 12.9. The quantitative estimate of drug-likeness (QED) is 0.571. The van der Waals surface area contributed by atoms with Gasteiger partial charge in [0.2, 0.25) is 10.0 Å². The van der Waals surface area contributed by atoms with Crippen molar-refractivity contribution in [2.24, 2.45) is 5.14 Å². The Bertz CT molecular complexity index is 999. The molecule has 0 unspecified atom stereocenters. The number of amides is 1. The van der Waals surface area contributed by atoms with Gasteiger partial charge in [-0.15, -0.1) is 0 Å². The number of primary sulfonamides is 1. The highest BCUT2D eigenvalue weighted by molar-refractivity contribution is 7.89. The lowest BCUT2D eigenvalue weighted by molar-refractivity contribution is 0.0996.